The predicted molar refractivity (Wildman–Crippen MR) is 116 cm³/mol. The molecule has 1 aromatic rings. The molecule has 1 heterocycles. The molecule has 2 amide bonds. The molecule has 33 heavy (non-hydrogen) atoms. The summed E-state index contributed by atoms with van der Waals surface area (Å²) in [6.45, 7) is 0.339. The molecule has 0 fully saturated rings. The summed E-state index contributed by atoms with van der Waals surface area (Å²) in [5.74, 6) is -3.43. The van der Waals surface area contributed by atoms with E-state index in [1.807, 2.05) is 30.3 Å². The minimum absolute atomic E-state index is 0.114. The number of aliphatic hydroxyl groups excluding tert-OH is 3. The Hall–Kier alpha value is -3.48. The highest BCUT2D eigenvalue weighted by Gasteiger charge is 2.43. The van der Waals surface area contributed by atoms with E-state index in [0.717, 1.165) is 11.6 Å². The van der Waals surface area contributed by atoms with Crippen molar-refractivity contribution in [3.63, 3.8) is 0 Å². The van der Waals surface area contributed by atoms with E-state index in [1.54, 1.807) is 0 Å². The summed E-state index contributed by atoms with van der Waals surface area (Å²) in [7, 11) is 0. The molecule has 0 unspecified atom stereocenters. The normalized spacial score (nSPS) is 22.4. The van der Waals surface area contributed by atoms with Crippen LogP contribution >= 0.6 is 0 Å². The van der Waals surface area contributed by atoms with E-state index in [4.69, 9.17) is 15.6 Å². The van der Waals surface area contributed by atoms with E-state index in [2.05, 4.69) is 15.6 Å². The maximum Gasteiger partial charge on any atom is 0.370 e. The molecular formula is C21H28N4O8. The molecule has 0 spiro atoms. The lowest BCUT2D eigenvalue weighted by Gasteiger charge is -2.38. The standard InChI is InChI=1S/C21H28N4O8/c1-11(27)23-17-13(9-15(20(31)32)33-19(17)18(30)14(28)10-26)24-21(22)25-16(29)8-7-12-5-3-2-4-6-12/h2-6,9,13-14,17-19,26,28,30H,7-8,10H2,1H3,(H,23,27)(H,31,32)(H3,22,24,25,29)/t13-,14+,17+,18+,19+/m0/s1. The number of carboxylic acids is 1. The van der Waals surface area contributed by atoms with E-state index in [9.17, 15) is 29.7 Å². The predicted octanol–water partition coefficient (Wildman–Crippen LogP) is -2.00. The first-order chi connectivity index (χ1) is 15.6. The van der Waals surface area contributed by atoms with Crippen LogP contribution in [0.1, 0.15) is 18.9 Å². The van der Waals surface area contributed by atoms with Crippen LogP contribution in [0.2, 0.25) is 0 Å². The van der Waals surface area contributed by atoms with Crippen molar-refractivity contribution < 1.29 is 39.5 Å². The zero-order chi connectivity index (χ0) is 24.5. The molecule has 12 nitrogen and oxygen atoms in total. The van der Waals surface area contributed by atoms with Crippen LogP contribution in [0, 0.1) is 0 Å². The number of ether oxygens (including phenoxy) is 1. The molecule has 0 bridgehead atoms. The van der Waals surface area contributed by atoms with Crippen molar-refractivity contribution in [2.75, 3.05) is 6.61 Å². The second-order valence-electron chi connectivity index (χ2n) is 7.42. The van der Waals surface area contributed by atoms with Gasteiger partial charge in [-0.05, 0) is 18.1 Å². The van der Waals surface area contributed by atoms with Crippen molar-refractivity contribution in [1.29, 1.82) is 0 Å². The Balaban J connectivity index is 2.22. The third-order valence-electron chi connectivity index (χ3n) is 4.84. The Labute approximate surface area is 189 Å². The quantitative estimate of drug-likeness (QED) is 0.159. The second-order valence-corrected chi connectivity index (χ2v) is 7.42. The number of amides is 2. The SMILES string of the molecule is CC(=O)N[C@H]1[C@H]([C@H](O)[C@H](O)CO)OC(C(=O)O)=C[C@@H]1N=C(N)NC(=O)CCc1ccccc1. The lowest BCUT2D eigenvalue weighted by molar-refractivity contribution is -0.145. The number of rotatable bonds is 9. The largest absolute Gasteiger partial charge is 0.478 e. The van der Waals surface area contributed by atoms with Crippen molar-refractivity contribution >= 4 is 23.7 Å². The summed E-state index contributed by atoms with van der Waals surface area (Å²) in [6.07, 6.45) is -3.30. The lowest BCUT2D eigenvalue weighted by Crippen LogP contribution is -2.60. The van der Waals surface area contributed by atoms with Gasteiger partial charge in [-0.2, -0.15) is 0 Å². The number of carbonyl (C=O) groups is 3. The van der Waals surface area contributed by atoms with Crippen LogP contribution in [0.5, 0.6) is 0 Å². The van der Waals surface area contributed by atoms with Crippen molar-refractivity contribution in [3.05, 3.63) is 47.7 Å². The van der Waals surface area contributed by atoms with E-state index < -0.39 is 60.5 Å². The van der Waals surface area contributed by atoms with Crippen LogP contribution in [-0.2, 0) is 25.5 Å². The van der Waals surface area contributed by atoms with Gasteiger partial charge in [-0.3, -0.25) is 14.9 Å². The Morgan fingerprint density at radius 1 is 1.21 bits per heavy atom. The van der Waals surface area contributed by atoms with Crippen LogP contribution in [-0.4, -0.2) is 81.2 Å². The molecule has 0 aliphatic carbocycles. The number of aliphatic hydroxyl groups is 3. The highest BCUT2D eigenvalue weighted by molar-refractivity contribution is 5.96. The average Bonchev–Trinajstić information content (AvgIpc) is 2.77. The fourth-order valence-electron chi connectivity index (χ4n) is 3.26. The minimum Gasteiger partial charge on any atom is -0.478 e. The summed E-state index contributed by atoms with van der Waals surface area (Å²) in [5, 5.41) is 43.5. The first-order valence-corrected chi connectivity index (χ1v) is 10.1. The van der Waals surface area contributed by atoms with Gasteiger partial charge < -0.3 is 36.2 Å². The molecule has 8 N–H and O–H groups in total. The van der Waals surface area contributed by atoms with Crippen LogP contribution in [0.15, 0.2) is 47.2 Å². The zero-order valence-corrected chi connectivity index (χ0v) is 17.9. The molecule has 0 radical (unpaired) electrons. The van der Waals surface area contributed by atoms with Crippen LogP contribution in [0.25, 0.3) is 0 Å². The number of carbonyl (C=O) groups excluding carboxylic acids is 2. The third kappa shape index (κ3) is 7.56. The topological polar surface area (TPSA) is 204 Å². The number of carboxylic acid groups (broad SMARTS) is 1. The van der Waals surface area contributed by atoms with Gasteiger partial charge in [0.05, 0.1) is 18.7 Å². The van der Waals surface area contributed by atoms with Gasteiger partial charge in [0.25, 0.3) is 0 Å². The first kappa shape index (κ1) is 25.8. The molecule has 180 valence electrons. The van der Waals surface area contributed by atoms with Crippen molar-refractivity contribution in [2.24, 2.45) is 10.7 Å². The van der Waals surface area contributed by atoms with Gasteiger partial charge in [-0.25, -0.2) is 9.79 Å². The Morgan fingerprint density at radius 3 is 2.45 bits per heavy atom. The van der Waals surface area contributed by atoms with E-state index >= 15 is 0 Å². The molecular weight excluding hydrogens is 436 g/mol. The van der Waals surface area contributed by atoms with Crippen molar-refractivity contribution in [1.82, 2.24) is 10.6 Å². The smallest absolute Gasteiger partial charge is 0.370 e. The second kappa shape index (κ2) is 11.9. The number of nitrogens with two attached hydrogens (primary N) is 1. The maximum atomic E-state index is 12.2. The summed E-state index contributed by atoms with van der Waals surface area (Å²) in [5.41, 5.74) is 6.78. The first-order valence-electron chi connectivity index (χ1n) is 10.1. The monoisotopic (exact) mass is 464 g/mol. The summed E-state index contributed by atoms with van der Waals surface area (Å²) >= 11 is 0. The van der Waals surface area contributed by atoms with E-state index in [1.165, 1.54) is 6.92 Å². The molecule has 5 atom stereocenters. The third-order valence-corrected chi connectivity index (χ3v) is 4.84. The zero-order valence-electron chi connectivity index (χ0n) is 17.9. The lowest BCUT2D eigenvalue weighted by atomic mass is 9.92. The number of nitrogens with zero attached hydrogens (tertiary/aromatic N) is 1. The van der Waals surface area contributed by atoms with Gasteiger partial charge in [0.15, 0.2) is 5.96 Å². The van der Waals surface area contributed by atoms with Crippen molar-refractivity contribution in [3.8, 4) is 0 Å². The van der Waals surface area contributed by atoms with Gasteiger partial charge in [-0.1, -0.05) is 30.3 Å². The summed E-state index contributed by atoms with van der Waals surface area (Å²) in [6, 6.07) is 6.96. The highest BCUT2D eigenvalue weighted by atomic mass is 16.5. The number of hydrogen-bond donors (Lipinski definition) is 7. The van der Waals surface area contributed by atoms with Crippen LogP contribution in [0.3, 0.4) is 0 Å². The molecule has 12 heteroatoms. The Morgan fingerprint density at radius 2 is 1.88 bits per heavy atom. The van der Waals surface area contributed by atoms with Gasteiger partial charge >= 0.3 is 5.97 Å². The number of guanidine groups is 1. The maximum absolute atomic E-state index is 12.2. The van der Waals surface area contributed by atoms with Gasteiger partial charge in [0, 0.05) is 13.3 Å². The fraction of sp³-hybridized carbons (Fsp3) is 0.429. The van der Waals surface area contributed by atoms with Crippen molar-refractivity contribution in [2.45, 2.75) is 50.2 Å². The van der Waals surface area contributed by atoms with Gasteiger partial charge in [-0.15, -0.1) is 0 Å². The average molecular weight is 464 g/mol. The van der Waals surface area contributed by atoms with Gasteiger partial charge in [0.1, 0.15) is 18.3 Å². The van der Waals surface area contributed by atoms with E-state index in [0.29, 0.717) is 6.42 Å². The number of aryl methyl sites for hydroxylation is 1. The summed E-state index contributed by atoms with van der Waals surface area (Å²) in [4.78, 5) is 39.5. The molecule has 0 aromatic heterocycles. The Kier molecular flexibility index (Phi) is 9.33. The number of hydrogen-bond acceptors (Lipinski definition) is 8. The molecule has 1 aliphatic rings. The van der Waals surface area contributed by atoms with E-state index in [-0.39, 0.29) is 12.4 Å². The van der Waals surface area contributed by atoms with Gasteiger partial charge in [0.2, 0.25) is 17.6 Å². The Bertz CT molecular complexity index is 905. The van der Waals surface area contributed by atoms with Crippen LogP contribution in [0.4, 0.5) is 0 Å². The molecule has 0 saturated carbocycles. The molecule has 1 aliphatic heterocycles. The number of aliphatic imine (C=N–C) groups is 1. The van der Waals surface area contributed by atoms with Crippen LogP contribution < -0.4 is 16.4 Å². The number of aliphatic carboxylic acids is 1. The summed E-state index contributed by atoms with van der Waals surface area (Å²) < 4.78 is 5.25. The molecule has 2 rings (SSSR count). The highest BCUT2D eigenvalue weighted by Crippen LogP contribution is 2.25. The number of benzene rings is 1. The fourth-order valence-corrected chi connectivity index (χ4v) is 3.26. The molecule has 0 saturated heterocycles. The number of nitrogens with one attached hydrogen (secondary N) is 2. The minimum atomic E-state index is -1.77. The molecule has 1 aromatic carbocycles.